The maximum Gasteiger partial charge on any atom is 0.191 e. The predicted octanol–water partition coefficient (Wildman–Crippen LogP) is 3.58. The van der Waals surface area contributed by atoms with Crippen molar-refractivity contribution in [2.45, 2.75) is 51.4 Å². The molecule has 0 amide bonds. The van der Waals surface area contributed by atoms with Gasteiger partial charge in [-0.15, -0.1) is 0 Å². The van der Waals surface area contributed by atoms with Gasteiger partial charge in [0.05, 0.1) is 6.61 Å². The van der Waals surface area contributed by atoms with Crippen molar-refractivity contribution < 1.29 is 14.3 Å². The van der Waals surface area contributed by atoms with Crippen molar-refractivity contribution in [1.82, 2.24) is 0 Å². The molecule has 1 aliphatic rings. The summed E-state index contributed by atoms with van der Waals surface area (Å²) >= 11 is 0. The van der Waals surface area contributed by atoms with Gasteiger partial charge in [-0.2, -0.15) is 0 Å². The zero-order chi connectivity index (χ0) is 13.5. The third-order valence-corrected chi connectivity index (χ3v) is 3.39. The second-order valence-electron chi connectivity index (χ2n) is 4.94. The predicted molar refractivity (Wildman–Crippen MR) is 74.1 cm³/mol. The number of rotatable bonds is 6. The van der Waals surface area contributed by atoms with E-state index in [-0.39, 0.29) is 18.2 Å². The van der Waals surface area contributed by atoms with Crippen LogP contribution in [0.4, 0.5) is 0 Å². The Balaban J connectivity index is 1.88. The molecule has 0 spiro atoms. The van der Waals surface area contributed by atoms with E-state index in [1.807, 2.05) is 30.3 Å². The quantitative estimate of drug-likeness (QED) is 0.580. The Morgan fingerprint density at radius 2 is 2.05 bits per heavy atom. The molecular formula is C16H22O3. The molecule has 0 aromatic heterocycles. The molecule has 0 bridgehead atoms. The van der Waals surface area contributed by atoms with Gasteiger partial charge in [0.1, 0.15) is 6.10 Å². The zero-order valence-electron chi connectivity index (χ0n) is 11.5. The van der Waals surface area contributed by atoms with Crippen molar-refractivity contribution in [1.29, 1.82) is 0 Å². The van der Waals surface area contributed by atoms with Crippen LogP contribution in [0.5, 0.6) is 0 Å². The minimum atomic E-state index is -0.345. The first-order chi connectivity index (χ1) is 9.31. The van der Waals surface area contributed by atoms with Crippen LogP contribution in [-0.4, -0.2) is 24.8 Å². The molecule has 2 atom stereocenters. The molecule has 3 heteroatoms. The summed E-state index contributed by atoms with van der Waals surface area (Å²) in [4.78, 5) is 12.3. The lowest BCUT2D eigenvalue weighted by Gasteiger charge is -2.29. The summed E-state index contributed by atoms with van der Waals surface area (Å²) < 4.78 is 11.3. The molecule has 0 saturated carbocycles. The molecule has 1 aromatic carbocycles. The first kappa shape index (κ1) is 14.2. The van der Waals surface area contributed by atoms with Crippen LogP contribution in [0.3, 0.4) is 0 Å². The summed E-state index contributed by atoms with van der Waals surface area (Å²) in [6.45, 7) is 2.78. The molecule has 104 valence electrons. The molecule has 1 saturated heterocycles. The number of benzene rings is 1. The van der Waals surface area contributed by atoms with Crippen LogP contribution in [0.15, 0.2) is 30.3 Å². The molecule has 0 aliphatic carbocycles. The number of ether oxygens (including phenoxy) is 2. The summed E-state index contributed by atoms with van der Waals surface area (Å²) in [5.41, 5.74) is 0.724. The van der Waals surface area contributed by atoms with Gasteiger partial charge in [0, 0.05) is 12.0 Å². The van der Waals surface area contributed by atoms with E-state index in [9.17, 15) is 4.79 Å². The van der Waals surface area contributed by atoms with Crippen molar-refractivity contribution in [3.63, 3.8) is 0 Å². The molecule has 19 heavy (non-hydrogen) atoms. The monoisotopic (exact) mass is 262 g/mol. The summed E-state index contributed by atoms with van der Waals surface area (Å²) in [5.74, 6) is 0.0735. The van der Waals surface area contributed by atoms with Gasteiger partial charge in [-0.05, 0) is 12.8 Å². The van der Waals surface area contributed by atoms with Crippen LogP contribution in [-0.2, 0) is 9.47 Å². The maximum absolute atomic E-state index is 12.3. The fraction of sp³-hybridized carbons (Fsp3) is 0.562. The highest BCUT2D eigenvalue weighted by Gasteiger charge is 2.28. The second-order valence-corrected chi connectivity index (χ2v) is 4.94. The Labute approximate surface area is 114 Å². The van der Waals surface area contributed by atoms with Gasteiger partial charge < -0.3 is 9.47 Å². The van der Waals surface area contributed by atoms with E-state index in [4.69, 9.17) is 9.47 Å². The number of Topliss-reactive ketones (excluding diaryl/α,β-unsaturated/α-hetero) is 1. The number of carbonyl (C=O) groups excluding carboxylic acids is 1. The first-order valence-corrected chi connectivity index (χ1v) is 7.17. The van der Waals surface area contributed by atoms with Gasteiger partial charge in [0.15, 0.2) is 12.1 Å². The summed E-state index contributed by atoms with van der Waals surface area (Å²) in [6.07, 6.45) is 4.43. The molecule has 0 radical (unpaired) electrons. The molecule has 1 heterocycles. The maximum atomic E-state index is 12.3. The van der Waals surface area contributed by atoms with Gasteiger partial charge in [-0.1, -0.05) is 50.1 Å². The minimum Gasteiger partial charge on any atom is -0.353 e. The molecular weight excluding hydrogens is 240 g/mol. The van der Waals surface area contributed by atoms with E-state index in [1.165, 1.54) is 12.8 Å². The summed E-state index contributed by atoms with van der Waals surface area (Å²) in [6, 6.07) is 9.35. The number of ketones is 1. The van der Waals surface area contributed by atoms with Crippen LogP contribution >= 0.6 is 0 Å². The van der Waals surface area contributed by atoms with Gasteiger partial charge in [0.2, 0.25) is 0 Å². The third kappa shape index (κ3) is 4.15. The topological polar surface area (TPSA) is 35.5 Å². The highest BCUT2D eigenvalue weighted by Crippen LogP contribution is 2.20. The van der Waals surface area contributed by atoms with Crippen LogP contribution < -0.4 is 0 Å². The molecule has 1 aromatic rings. The van der Waals surface area contributed by atoms with Crippen molar-refractivity contribution in [3.05, 3.63) is 35.9 Å². The average molecular weight is 262 g/mol. The Morgan fingerprint density at radius 3 is 2.79 bits per heavy atom. The lowest BCUT2D eigenvalue weighted by atomic mass is 10.0. The lowest BCUT2D eigenvalue weighted by molar-refractivity contribution is -0.202. The fourth-order valence-electron chi connectivity index (χ4n) is 2.29. The van der Waals surface area contributed by atoms with Crippen LogP contribution in [0, 0.1) is 0 Å². The Morgan fingerprint density at radius 1 is 1.26 bits per heavy atom. The number of hydrogen-bond acceptors (Lipinski definition) is 3. The Kier molecular flexibility index (Phi) is 5.55. The van der Waals surface area contributed by atoms with E-state index in [0.29, 0.717) is 13.0 Å². The standard InChI is InChI=1S/C16H22O3/c1-2-3-5-10-15-18-12-11-14(19-15)16(17)13-8-6-4-7-9-13/h4,6-9,14-15H,2-3,5,10-12H2,1H3/t14-,15+/m0/s1. The van der Waals surface area contributed by atoms with Gasteiger partial charge in [0.25, 0.3) is 0 Å². The van der Waals surface area contributed by atoms with Crippen molar-refractivity contribution in [2.75, 3.05) is 6.61 Å². The largest absolute Gasteiger partial charge is 0.353 e. The minimum absolute atomic E-state index is 0.0735. The highest BCUT2D eigenvalue weighted by molar-refractivity contribution is 5.99. The molecule has 2 rings (SSSR count). The van der Waals surface area contributed by atoms with Crippen LogP contribution in [0.25, 0.3) is 0 Å². The van der Waals surface area contributed by atoms with E-state index in [1.54, 1.807) is 0 Å². The van der Waals surface area contributed by atoms with E-state index in [0.717, 1.165) is 18.4 Å². The average Bonchev–Trinajstić information content (AvgIpc) is 2.48. The van der Waals surface area contributed by atoms with Crippen LogP contribution in [0.1, 0.15) is 49.4 Å². The van der Waals surface area contributed by atoms with Gasteiger partial charge >= 0.3 is 0 Å². The second kappa shape index (κ2) is 7.41. The molecule has 0 N–H and O–H groups in total. The van der Waals surface area contributed by atoms with E-state index >= 15 is 0 Å². The summed E-state index contributed by atoms with van der Waals surface area (Å²) in [5, 5.41) is 0. The van der Waals surface area contributed by atoms with Crippen LogP contribution in [0.2, 0.25) is 0 Å². The van der Waals surface area contributed by atoms with Crippen molar-refractivity contribution >= 4 is 5.78 Å². The number of hydrogen-bond donors (Lipinski definition) is 0. The SMILES string of the molecule is CCCCC[C@@H]1OCC[C@@H](C(=O)c2ccccc2)O1. The van der Waals surface area contributed by atoms with Gasteiger partial charge in [-0.3, -0.25) is 4.79 Å². The molecule has 3 nitrogen and oxygen atoms in total. The molecule has 0 unspecified atom stereocenters. The number of carbonyl (C=O) groups is 1. The highest BCUT2D eigenvalue weighted by atomic mass is 16.7. The van der Waals surface area contributed by atoms with E-state index < -0.39 is 0 Å². The Bertz CT molecular complexity index is 388. The third-order valence-electron chi connectivity index (χ3n) is 3.39. The first-order valence-electron chi connectivity index (χ1n) is 7.17. The smallest absolute Gasteiger partial charge is 0.191 e. The molecule has 1 fully saturated rings. The normalized spacial score (nSPS) is 23.2. The molecule has 1 aliphatic heterocycles. The van der Waals surface area contributed by atoms with Gasteiger partial charge in [-0.25, -0.2) is 0 Å². The zero-order valence-corrected chi connectivity index (χ0v) is 11.5. The Hall–Kier alpha value is -1.19. The summed E-state index contributed by atoms with van der Waals surface area (Å²) in [7, 11) is 0. The van der Waals surface area contributed by atoms with Crippen molar-refractivity contribution in [3.8, 4) is 0 Å². The van der Waals surface area contributed by atoms with E-state index in [2.05, 4.69) is 6.92 Å². The van der Waals surface area contributed by atoms with Crippen molar-refractivity contribution in [2.24, 2.45) is 0 Å². The number of unbranched alkanes of at least 4 members (excludes halogenated alkanes) is 2. The lowest BCUT2D eigenvalue weighted by Crippen LogP contribution is -2.37. The fourth-order valence-corrected chi connectivity index (χ4v) is 2.29.